The average Bonchev–Trinajstić information content (AvgIpc) is 2.96. The Labute approximate surface area is 188 Å². The zero-order chi connectivity index (χ0) is 22.3. The van der Waals surface area contributed by atoms with Gasteiger partial charge in [0.2, 0.25) is 9.58 Å². The monoisotopic (exact) mass is 544 g/mol. The molecule has 1 aromatic carbocycles. The number of benzene rings is 1. The highest BCUT2D eigenvalue weighted by molar-refractivity contribution is 14.1. The minimum absolute atomic E-state index is 0.0487. The van der Waals surface area contributed by atoms with E-state index >= 15 is 0 Å². The molecule has 4 atom stereocenters. The number of nitrogens with one attached hydrogen (secondary N) is 2. The molecule has 2 aromatic rings. The molecule has 1 aromatic heterocycles. The van der Waals surface area contributed by atoms with E-state index < -0.39 is 40.3 Å². The minimum Gasteiger partial charge on any atom is -0.394 e. The minimum atomic E-state index is -2.36. The number of hydrogen-bond acceptors (Lipinski definition) is 7. The first kappa shape index (κ1) is 21.8. The third-order valence-electron chi connectivity index (χ3n) is 5.15. The van der Waals surface area contributed by atoms with E-state index in [0.29, 0.717) is 24.1 Å². The molecule has 0 radical (unpaired) electrons. The Morgan fingerprint density at radius 2 is 2.16 bits per heavy atom. The Hall–Kier alpha value is -2.42. The van der Waals surface area contributed by atoms with Crippen LogP contribution in [0.15, 0.2) is 35.3 Å². The third-order valence-corrected chi connectivity index (χ3v) is 6.32. The van der Waals surface area contributed by atoms with E-state index in [1.54, 1.807) is 12.1 Å². The number of fused-ring (bicyclic) bond motifs is 1. The summed E-state index contributed by atoms with van der Waals surface area (Å²) >= 11 is 1.33. The Morgan fingerprint density at radius 3 is 2.84 bits per heavy atom. The predicted molar refractivity (Wildman–Crippen MR) is 115 cm³/mol. The highest BCUT2D eigenvalue weighted by Crippen LogP contribution is 2.45. The maximum Gasteiger partial charge on any atom is 0.351 e. The zero-order valence-electron chi connectivity index (χ0n) is 15.9. The first-order chi connectivity index (χ1) is 14.7. The van der Waals surface area contributed by atoms with Gasteiger partial charge in [-0.2, -0.15) is 4.98 Å². The number of ether oxygens (including phenoxy) is 1. The summed E-state index contributed by atoms with van der Waals surface area (Å²) in [6.45, 7) is -0.618. The molecule has 2 aliphatic heterocycles. The summed E-state index contributed by atoms with van der Waals surface area (Å²) in [5.41, 5.74) is 0.902. The molecule has 4 rings (SSSR count). The maximum absolute atomic E-state index is 14.9. The molecule has 3 heterocycles. The van der Waals surface area contributed by atoms with Gasteiger partial charge in [0, 0.05) is 23.9 Å². The molecule has 10 nitrogen and oxygen atoms in total. The van der Waals surface area contributed by atoms with Gasteiger partial charge in [0.1, 0.15) is 18.0 Å². The fraction of sp³-hybridized carbons (Fsp3) is 0.368. The molecular formula is C19H18FIN4O6. The van der Waals surface area contributed by atoms with E-state index in [-0.39, 0.29) is 11.7 Å². The number of aliphatic hydroxyl groups is 2. The van der Waals surface area contributed by atoms with Crippen LogP contribution in [-0.4, -0.2) is 54.1 Å². The smallest absolute Gasteiger partial charge is 0.351 e. The van der Waals surface area contributed by atoms with Gasteiger partial charge in [0.25, 0.3) is 5.91 Å². The number of aliphatic hydroxyl groups excluding tert-OH is 2. The highest BCUT2D eigenvalue weighted by Gasteiger charge is 2.56. The van der Waals surface area contributed by atoms with Crippen molar-refractivity contribution in [3.63, 3.8) is 0 Å². The fourth-order valence-electron chi connectivity index (χ4n) is 3.49. The molecule has 1 saturated heterocycles. The van der Waals surface area contributed by atoms with E-state index in [1.807, 2.05) is 0 Å². The quantitative estimate of drug-likeness (QED) is 0.329. The van der Waals surface area contributed by atoms with Crippen LogP contribution in [0.1, 0.15) is 28.6 Å². The lowest BCUT2D eigenvalue weighted by atomic mass is 10.00. The SMILES string of the molecule is O=C1CCc2cc(C(=O)Nc3ccn(C4O[C@H](CO)[C@@H](O)C4(F)I)c(=O)n3)ccc2N1. The number of aryl methyl sites for hydroxylation is 1. The fourth-order valence-corrected chi connectivity index (χ4v) is 4.34. The summed E-state index contributed by atoms with van der Waals surface area (Å²) in [5, 5.41) is 24.4. The molecular weight excluding hydrogens is 526 g/mol. The number of rotatable bonds is 4. The number of anilines is 2. The first-order valence-corrected chi connectivity index (χ1v) is 10.4. The van der Waals surface area contributed by atoms with Gasteiger partial charge in [-0.25, -0.2) is 9.18 Å². The number of halogens is 2. The van der Waals surface area contributed by atoms with Crippen LogP contribution in [0, 0.1) is 0 Å². The Balaban J connectivity index is 1.52. The number of hydrogen-bond donors (Lipinski definition) is 4. The lowest BCUT2D eigenvalue weighted by Gasteiger charge is -2.23. The van der Waals surface area contributed by atoms with Gasteiger partial charge in [-0.1, -0.05) is 0 Å². The van der Waals surface area contributed by atoms with Crippen molar-refractivity contribution < 1.29 is 28.9 Å². The maximum atomic E-state index is 14.9. The second-order valence-corrected chi connectivity index (χ2v) is 8.86. The Bertz CT molecular complexity index is 1110. The number of carbonyl (C=O) groups excluding carboxylic acids is 2. The molecule has 0 bridgehead atoms. The number of nitrogens with zero attached hydrogens (tertiary/aromatic N) is 2. The third kappa shape index (κ3) is 4.07. The van der Waals surface area contributed by atoms with Crippen molar-refractivity contribution in [1.29, 1.82) is 0 Å². The van der Waals surface area contributed by atoms with Crippen molar-refractivity contribution in [2.24, 2.45) is 0 Å². The number of alkyl halides is 2. The van der Waals surface area contributed by atoms with Crippen LogP contribution >= 0.6 is 22.6 Å². The molecule has 2 aliphatic rings. The van der Waals surface area contributed by atoms with Gasteiger partial charge in [-0.15, -0.1) is 0 Å². The van der Waals surface area contributed by atoms with Gasteiger partial charge >= 0.3 is 5.69 Å². The molecule has 0 saturated carbocycles. The number of carbonyl (C=O) groups is 2. The summed E-state index contributed by atoms with van der Waals surface area (Å²) in [6.07, 6.45) is -2.28. The van der Waals surface area contributed by atoms with Crippen LogP contribution in [0.4, 0.5) is 15.9 Å². The van der Waals surface area contributed by atoms with E-state index in [0.717, 1.165) is 10.1 Å². The molecule has 2 unspecified atom stereocenters. The summed E-state index contributed by atoms with van der Waals surface area (Å²) in [5.74, 6) is -0.638. The molecule has 12 heteroatoms. The predicted octanol–water partition coefficient (Wildman–Crippen LogP) is 0.732. The largest absolute Gasteiger partial charge is 0.394 e. The summed E-state index contributed by atoms with van der Waals surface area (Å²) < 4.78 is 18.7. The second kappa shape index (κ2) is 8.26. The van der Waals surface area contributed by atoms with Gasteiger partial charge < -0.3 is 25.6 Å². The lowest BCUT2D eigenvalue weighted by Crippen LogP contribution is -2.40. The summed E-state index contributed by atoms with van der Waals surface area (Å²) in [6, 6.07) is 6.12. The lowest BCUT2D eigenvalue weighted by molar-refractivity contribution is -0.116. The molecule has 164 valence electrons. The van der Waals surface area contributed by atoms with Crippen LogP contribution in [-0.2, 0) is 16.0 Å². The highest BCUT2D eigenvalue weighted by atomic mass is 127. The van der Waals surface area contributed by atoms with Gasteiger partial charge in [-0.05, 0) is 58.8 Å². The van der Waals surface area contributed by atoms with Crippen LogP contribution in [0.25, 0.3) is 0 Å². The average molecular weight is 544 g/mol. The van der Waals surface area contributed by atoms with Crippen LogP contribution in [0.2, 0.25) is 0 Å². The summed E-state index contributed by atoms with van der Waals surface area (Å²) in [4.78, 5) is 40.2. The van der Waals surface area contributed by atoms with Gasteiger partial charge in [-0.3, -0.25) is 14.2 Å². The standard InChI is InChI=1S/C19H18FIN4O6/c20-19(21)15(28)12(8-26)31-17(19)25-6-5-13(24-18(25)30)23-16(29)10-1-3-11-9(7-10)2-4-14(27)22-11/h1,3,5-7,12,15,17,26,28H,2,4,8H2,(H,22,27)(H,23,24,29,30)/t12-,15-,17?,19?/m1/s1. The molecule has 31 heavy (non-hydrogen) atoms. The number of aromatic nitrogens is 2. The van der Waals surface area contributed by atoms with Crippen molar-refractivity contribution >= 4 is 45.9 Å². The van der Waals surface area contributed by atoms with E-state index in [4.69, 9.17) is 4.74 Å². The topological polar surface area (TPSA) is 143 Å². The Morgan fingerprint density at radius 1 is 1.39 bits per heavy atom. The van der Waals surface area contributed by atoms with E-state index in [2.05, 4.69) is 15.6 Å². The van der Waals surface area contributed by atoms with Crippen LogP contribution < -0.4 is 16.3 Å². The first-order valence-electron chi connectivity index (χ1n) is 9.36. The molecule has 1 fully saturated rings. The Kier molecular flexibility index (Phi) is 5.81. The molecule has 0 aliphatic carbocycles. The van der Waals surface area contributed by atoms with Crippen molar-refractivity contribution in [3.8, 4) is 0 Å². The molecule has 0 spiro atoms. The second-order valence-electron chi connectivity index (χ2n) is 7.21. The van der Waals surface area contributed by atoms with E-state index in [1.165, 1.54) is 40.9 Å². The van der Waals surface area contributed by atoms with Crippen LogP contribution in [0.5, 0.6) is 0 Å². The van der Waals surface area contributed by atoms with Crippen molar-refractivity contribution in [2.75, 3.05) is 17.2 Å². The summed E-state index contributed by atoms with van der Waals surface area (Å²) in [7, 11) is 0. The molecule has 2 amide bonds. The number of amides is 2. The van der Waals surface area contributed by atoms with Gasteiger partial charge in [0.05, 0.1) is 6.61 Å². The van der Waals surface area contributed by atoms with Crippen molar-refractivity contribution in [1.82, 2.24) is 9.55 Å². The molecule has 4 N–H and O–H groups in total. The van der Waals surface area contributed by atoms with Gasteiger partial charge in [0.15, 0.2) is 6.23 Å². The normalized spacial score (nSPS) is 27.5. The van der Waals surface area contributed by atoms with Crippen molar-refractivity contribution in [3.05, 3.63) is 52.1 Å². The van der Waals surface area contributed by atoms with Crippen molar-refractivity contribution in [2.45, 2.75) is 35.0 Å². The van der Waals surface area contributed by atoms with E-state index in [9.17, 15) is 29.0 Å². The zero-order valence-corrected chi connectivity index (χ0v) is 18.1. The van der Waals surface area contributed by atoms with Crippen LogP contribution in [0.3, 0.4) is 0 Å².